The lowest BCUT2D eigenvalue weighted by Gasteiger charge is -2.24. The highest BCUT2D eigenvalue weighted by Gasteiger charge is 2.22. The van der Waals surface area contributed by atoms with Crippen molar-refractivity contribution in [1.29, 1.82) is 0 Å². The van der Waals surface area contributed by atoms with Gasteiger partial charge in [0.05, 0.1) is 6.10 Å². The summed E-state index contributed by atoms with van der Waals surface area (Å²) in [6, 6.07) is 4.48. The van der Waals surface area contributed by atoms with Gasteiger partial charge in [0.1, 0.15) is 11.9 Å². The van der Waals surface area contributed by atoms with Crippen molar-refractivity contribution in [3.63, 3.8) is 0 Å². The number of halogens is 1. The van der Waals surface area contributed by atoms with Gasteiger partial charge in [-0.1, -0.05) is 19.4 Å². The molecule has 0 aliphatic rings. The third-order valence-corrected chi connectivity index (χ3v) is 2.87. The lowest BCUT2D eigenvalue weighted by molar-refractivity contribution is -0.0388. The van der Waals surface area contributed by atoms with E-state index in [1.807, 2.05) is 20.8 Å². The van der Waals surface area contributed by atoms with Gasteiger partial charge in [-0.15, -0.1) is 0 Å². The van der Waals surface area contributed by atoms with Crippen molar-refractivity contribution in [2.75, 3.05) is 6.61 Å². The molecule has 0 spiro atoms. The summed E-state index contributed by atoms with van der Waals surface area (Å²) in [7, 11) is 0. The molecule has 2 atom stereocenters. The van der Waals surface area contributed by atoms with Crippen molar-refractivity contribution >= 4 is 0 Å². The van der Waals surface area contributed by atoms with E-state index in [9.17, 15) is 9.50 Å². The van der Waals surface area contributed by atoms with Crippen LogP contribution in [0.2, 0.25) is 0 Å². The highest BCUT2D eigenvalue weighted by Crippen LogP contribution is 2.26. The molecule has 0 aliphatic heterocycles. The van der Waals surface area contributed by atoms with E-state index in [-0.39, 0.29) is 11.9 Å². The van der Waals surface area contributed by atoms with E-state index in [1.165, 1.54) is 12.1 Å². The molecule has 0 heterocycles. The highest BCUT2D eigenvalue weighted by atomic mass is 19.1. The molecule has 2 nitrogen and oxygen atoms in total. The monoisotopic (exact) mass is 240 g/mol. The number of rotatable bonds is 6. The summed E-state index contributed by atoms with van der Waals surface area (Å²) in [5.41, 5.74) is 1.51. The second-order valence-corrected chi connectivity index (χ2v) is 4.23. The predicted octanol–water partition coefficient (Wildman–Crippen LogP) is 3.37. The largest absolute Gasteiger partial charge is 0.386 e. The summed E-state index contributed by atoms with van der Waals surface area (Å²) in [5.74, 6) is -0.323. The minimum Gasteiger partial charge on any atom is -0.386 e. The summed E-state index contributed by atoms with van der Waals surface area (Å²) in [6.07, 6.45) is 0.678. The van der Waals surface area contributed by atoms with Gasteiger partial charge in [-0.2, -0.15) is 0 Å². The number of benzene rings is 1. The first-order chi connectivity index (χ1) is 8.10. The maximum Gasteiger partial charge on any atom is 0.123 e. The topological polar surface area (TPSA) is 29.5 Å². The first kappa shape index (κ1) is 14.1. The Balaban J connectivity index is 2.91. The maximum atomic E-state index is 13.2. The van der Waals surface area contributed by atoms with Crippen LogP contribution in [0.15, 0.2) is 18.2 Å². The molecule has 1 aromatic rings. The van der Waals surface area contributed by atoms with Crippen molar-refractivity contribution in [3.8, 4) is 0 Å². The summed E-state index contributed by atoms with van der Waals surface area (Å²) < 4.78 is 18.7. The Kier molecular flexibility index (Phi) is 5.59. The van der Waals surface area contributed by atoms with Crippen molar-refractivity contribution in [1.82, 2.24) is 0 Å². The van der Waals surface area contributed by atoms with Crippen LogP contribution >= 0.6 is 0 Å². The van der Waals surface area contributed by atoms with Gasteiger partial charge in [0.25, 0.3) is 0 Å². The number of ether oxygens (including phenoxy) is 1. The van der Waals surface area contributed by atoms with Crippen LogP contribution < -0.4 is 0 Å². The fourth-order valence-corrected chi connectivity index (χ4v) is 1.96. The van der Waals surface area contributed by atoms with Crippen molar-refractivity contribution < 1.29 is 14.2 Å². The molecule has 0 amide bonds. The normalized spacial score (nSPS) is 14.6. The molecule has 17 heavy (non-hydrogen) atoms. The van der Waals surface area contributed by atoms with Crippen molar-refractivity contribution in [3.05, 3.63) is 35.1 Å². The van der Waals surface area contributed by atoms with Gasteiger partial charge in [-0.3, -0.25) is 0 Å². The summed E-state index contributed by atoms with van der Waals surface area (Å²) >= 11 is 0. The molecule has 0 saturated heterocycles. The molecule has 0 aromatic heterocycles. The maximum absolute atomic E-state index is 13.2. The molecule has 1 aromatic carbocycles. The van der Waals surface area contributed by atoms with Crippen molar-refractivity contribution in [2.45, 2.75) is 45.8 Å². The minimum absolute atomic E-state index is 0.259. The zero-order valence-corrected chi connectivity index (χ0v) is 10.7. The molecular formula is C14H21FO2. The Morgan fingerprint density at radius 2 is 2.06 bits per heavy atom. The molecule has 0 aliphatic carbocycles. The van der Waals surface area contributed by atoms with Gasteiger partial charge in [0.2, 0.25) is 0 Å². The van der Waals surface area contributed by atoms with Crippen LogP contribution in [-0.2, 0) is 4.74 Å². The van der Waals surface area contributed by atoms with E-state index in [1.54, 1.807) is 6.07 Å². The van der Waals surface area contributed by atoms with E-state index in [2.05, 4.69) is 0 Å². The highest BCUT2D eigenvalue weighted by molar-refractivity contribution is 5.29. The van der Waals surface area contributed by atoms with Crippen LogP contribution in [0, 0.1) is 12.7 Å². The molecule has 0 fully saturated rings. The van der Waals surface area contributed by atoms with Gasteiger partial charge in [0.15, 0.2) is 0 Å². The molecule has 0 radical (unpaired) electrons. The van der Waals surface area contributed by atoms with Crippen LogP contribution in [0.1, 0.15) is 43.9 Å². The zero-order valence-electron chi connectivity index (χ0n) is 10.7. The molecule has 2 unspecified atom stereocenters. The number of aryl methyl sites for hydroxylation is 1. The van der Waals surface area contributed by atoms with E-state index in [0.717, 1.165) is 18.4 Å². The smallest absolute Gasteiger partial charge is 0.123 e. The lowest BCUT2D eigenvalue weighted by Crippen LogP contribution is -2.23. The van der Waals surface area contributed by atoms with E-state index in [0.29, 0.717) is 12.2 Å². The molecule has 0 saturated carbocycles. The molecule has 1 N–H and O–H groups in total. The Morgan fingerprint density at radius 1 is 1.35 bits per heavy atom. The van der Waals surface area contributed by atoms with Gasteiger partial charge in [-0.05, 0) is 43.5 Å². The standard InChI is InChI=1S/C14H21FO2/c1-4-6-13(17-5-2)14(16)12-9-11(15)8-7-10(12)3/h7-9,13-14,16H,4-6H2,1-3H3. The van der Waals surface area contributed by atoms with E-state index >= 15 is 0 Å². The van der Waals surface area contributed by atoms with Crippen molar-refractivity contribution in [2.24, 2.45) is 0 Å². The van der Waals surface area contributed by atoms with Crippen LogP contribution in [0.5, 0.6) is 0 Å². The Bertz CT molecular complexity index is 346. The number of aliphatic hydroxyl groups is 1. The molecule has 0 bridgehead atoms. The average molecular weight is 240 g/mol. The van der Waals surface area contributed by atoms with Gasteiger partial charge >= 0.3 is 0 Å². The fraction of sp³-hybridized carbons (Fsp3) is 0.571. The predicted molar refractivity (Wildman–Crippen MR) is 66.4 cm³/mol. The minimum atomic E-state index is -0.759. The Hall–Kier alpha value is -0.930. The van der Waals surface area contributed by atoms with Crippen LogP contribution in [-0.4, -0.2) is 17.8 Å². The SMILES string of the molecule is CCCC(OCC)C(O)c1cc(F)ccc1C. The Morgan fingerprint density at radius 3 is 2.65 bits per heavy atom. The quantitative estimate of drug-likeness (QED) is 0.826. The molecule has 1 rings (SSSR count). The second kappa shape index (κ2) is 6.72. The van der Waals surface area contributed by atoms with Gasteiger partial charge in [0, 0.05) is 6.61 Å². The first-order valence-corrected chi connectivity index (χ1v) is 6.15. The van der Waals surface area contributed by atoms with Crippen LogP contribution in [0.4, 0.5) is 4.39 Å². The number of aliphatic hydroxyl groups excluding tert-OH is 1. The molecular weight excluding hydrogens is 219 g/mol. The third kappa shape index (κ3) is 3.79. The molecule has 3 heteroatoms. The van der Waals surface area contributed by atoms with E-state index in [4.69, 9.17) is 4.74 Å². The van der Waals surface area contributed by atoms with Gasteiger partial charge < -0.3 is 9.84 Å². The summed E-state index contributed by atoms with van der Waals surface area (Å²) in [6.45, 7) is 6.36. The van der Waals surface area contributed by atoms with E-state index < -0.39 is 6.10 Å². The van der Waals surface area contributed by atoms with Gasteiger partial charge in [-0.25, -0.2) is 4.39 Å². The Labute approximate surface area is 102 Å². The van der Waals surface area contributed by atoms with Crippen LogP contribution in [0.3, 0.4) is 0 Å². The third-order valence-electron chi connectivity index (χ3n) is 2.87. The lowest BCUT2D eigenvalue weighted by atomic mass is 9.97. The number of hydrogen-bond acceptors (Lipinski definition) is 2. The summed E-state index contributed by atoms with van der Waals surface area (Å²) in [4.78, 5) is 0. The summed E-state index contributed by atoms with van der Waals surface area (Å²) in [5, 5.41) is 10.3. The molecule has 96 valence electrons. The fourth-order valence-electron chi connectivity index (χ4n) is 1.96. The first-order valence-electron chi connectivity index (χ1n) is 6.15. The second-order valence-electron chi connectivity index (χ2n) is 4.23. The van der Waals surface area contributed by atoms with Crippen LogP contribution in [0.25, 0.3) is 0 Å². The number of hydrogen-bond donors (Lipinski definition) is 1. The average Bonchev–Trinajstić information content (AvgIpc) is 2.31. The zero-order chi connectivity index (χ0) is 12.8.